The quantitative estimate of drug-likeness (QED) is 0.235. The molecular weight excluding hydrogens is 631 g/mol. The van der Waals surface area contributed by atoms with Crippen LogP contribution in [0, 0.1) is 13.8 Å². The number of halogens is 2. The number of aryl methyl sites for hydroxylation is 1. The van der Waals surface area contributed by atoms with Gasteiger partial charge in [-0.15, -0.1) is 0 Å². The molecule has 0 saturated carbocycles. The third-order valence-electron chi connectivity index (χ3n) is 9.03. The van der Waals surface area contributed by atoms with Crippen LogP contribution in [0.4, 0.5) is 5.69 Å². The first-order valence-corrected chi connectivity index (χ1v) is 17.9. The van der Waals surface area contributed by atoms with Crippen LogP contribution in [-0.2, 0) is 31.6 Å². The number of nitrogens with one attached hydrogen (secondary N) is 2. The Balaban J connectivity index is 1.35. The number of hydrogen-bond acceptors (Lipinski definition) is 5. The van der Waals surface area contributed by atoms with E-state index >= 15 is 0 Å². The van der Waals surface area contributed by atoms with E-state index in [1.807, 2.05) is 18.7 Å². The highest BCUT2D eigenvalue weighted by Gasteiger charge is 2.30. The number of carbonyl (C=O) groups excluding carboxylic acids is 2. The molecule has 0 atom stereocenters. The van der Waals surface area contributed by atoms with Gasteiger partial charge in [-0.2, -0.15) is 0 Å². The highest BCUT2D eigenvalue weighted by molar-refractivity contribution is 7.90. The first-order chi connectivity index (χ1) is 21.4. The molecular formula is C34H40Cl2N4O4S. The number of fused-ring (bicyclic) bond motifs is 1. The topological polar surface area (TPSA) is 103 Å². The van der Waals surface area contributed by atoms with Gasteiger partial charge < -0.3 is 20.1 Å². The minimum absolute atomic E-state index is 0.0610. The van der Waals surface area contributed by atoms with Gasteiger partial charge in [0.25, 0.3) is 5.91 Å². The Morgan fingerprint density at radius 2 is 1.76 bits per heavy atom. The number of rotatable bonds is 10. The van der Waals surface area contributed by atoms with E-state index in [-0.39, 0.29) is 38.9 Å². The fraction of sp³-hybridized carbons (Fsp3) is 0.412. The highest BCUT2D eigenvalue weighted by atomic mass is 35.5. The zero-order chi connectivity index (χ0) is 32.5. The molecule has 1 fully saturated rings. The van der Waals surface area contributed by atoms with Gasteiger partial charge in [-0.1, -0.05) is 43.1 Å². The number of amides is 2. The van der Waals surface area contributed by atoms with Crippen molar-refractivity contribution >= 4 is 62.2 Å². The molecule has 2 amide bonds. The smallest absolute Gasteiger partial charge is 0.256 e. The van der Waals surface area contributed by atoms with Gasteiger partial charge in [-0.05, 0) is 93.7 Å². The van der Waals surface area contributed by atoms with Crippen LogP contribution in [0.25, 0.3) is 11.6 Å². The number of hydrogen-bond donors (Lipinski definition) is 2. The van der Waals surface area contributed by atoms with Crippen molar-refractivity contribution in [2.45, 2.75) is 70.1 Å². The summed E-state index contributed by atoms with van der Waals surface area (Å²) in [6, 6.07) is 9.97. The lowest BCUT2D eigenvalue weighted by atomic mass is 10.00. The lowest BCUT2D eigenvalue weighted by Crippen LogP contribution is -2.47. The Bertz CT molecular complexity index is 1740. The summed E-state index contributed by atoms with van der Waals surface area (Å²) in [5.41, 5.74) is 5.08. The normalized spacial score (nSPS) is 16.5. The second-order valence-corrected chi connectivity index (χ2v) is 14.7. The van der Waals surface area contributed by atoms with Crippen molar-refractivity contribution in [3.63, 3.8) is 0 Å². The fourth-order valence-electron chi connectivity index (χ4n) is 6.45. The van der Waals surface area contributed by atoms with E-state index < -0.39 is 9.84 Å². The van der Waals surface area contributed by atoms with Crippen LogP contribution in [0.1, 0.15) is 66.8 Å². The van der Waals surface area contributed by atoms with E-state index in [0.29, 0.717) is 34.1 Å². The van der Waals surface area contributed by atoms with E-state index in [2.05, 4.69) is 29.0 Å². The Hall–Kier alpha value is -3.11. The third-order valence-corrected chi connectivity index (χ3v) is 11.4. The highest BCUT2D eigenvalue weighted by Crippen LogP contribution is 2.37. The predicted octanol–water partition coefficient (Wildman–Crippen LogP) is 6.67. The van der Waals surface area contributed by atoms with E-state index in [4.69, 9.17) is 23.2 Å². The Morgan fingerprint density at radius 3 is 2.40 bits per heavy atom. The van der Waals surface area contributed by atoms with Crippen LogP contribution in [0.5, 0.6) is 0 Å². The van der Waals surface area contributed by atoms with E-state index in [9.17, 15) is 18.0 Å². The second kappa shape index (κ2) is 13.7. The van der Waals surface area contributed by atoms with Crippen molar-refractivity contribution in [3.05, 3.63) is 80.1 Å². The maximum atomic E-state index is 13.4. The zero-order valence-electron chi connectivity index (χ0n) is 26.2. The summed E-state index contributed by atoms with van der Waals surface area (Å²) in [4.78, 5) is 34.3. The molecule has 5 rings (SSSR count). The molecule has 2 aliphatic heterocycles. The number of carbonyl (C=O) groups is 2. The lowest BCUT2D eigenvalue weighted by molar-refractivity contribution is -0.132. The molecule has 3 heterocycles. The van der Waals surface area contributed by atoms with Crippen LogP contribution in [0.3, 0.4) is 0 Å². The molecule has 45 heavy (non-hydrogen) atoms. The molecule has 2 aromatic carbocycles. The summed E-state index contributed by atoms with van der Waals surface area (Å²) >= 11 is 12.5. The van der Waals surface area contributed by atoms with Crippen LogP contribution >= 0.6 is 23.2 Å². The average molecular weight is 672 g/mol. The van der Waals surface area contributed by atoms with Gasteiger partial charge in [-0.3, -0.25) is 9.59 Å². The summed E-state index contributed by atoms with van der Waals surface area (Å²) in [6.07, 6.45) is 5.12. The van der Waals surface area contributed by atoms with Crippen LogP contribution in [0.15, 0.2) is 41.3 Å². The maximum absolute atomic E-state index is 13.4. The summed E-state index contributed by atoms with van der Waals surface area (Å²) in [7, 11) is -3.83. The maximum Gasteiger partial charge on any atom is 0.256 e. The standard InChI is InChI=1S/C34H40Cl2N4O4S/c1-5-14-39(6-2)23-12-15-40(16-13-23)33(41)19-25-21(3)32(37-22(25)4)18-27-26-17-24(10-11-31(26)38-34(27)42)45(43,44)20-28-29(35)8-7-9-30(28)36/h7-11,17-18,23,37H,5-6,12-16,19-20H2,1-4H3,(H,38,42). The van der Waals surface area contributed by atoms with Gasteiger partial charge in [0.1, 0.15) is 0 Å². The molecule has 1 aromatic heterocycles. The molecule has 3 aromatic rings. The molecule has 240 valence electrons. The van der Waals surface area contributed by atoms with Gasteiger partial charge in [0.05, 0.1) is 22.6 Å². The summed E-state index contributed by atoms with van der Waals surface area (Å²) in [5.74, 6) is -0.594. The third kappa shape index (κ3) is 7.02. The summed E-state index contributed by atoms with van der Waals surface area (Å²) in [6.45, 7) is 11.9. The number of benzene rings is 2. The van der Waals surface area contributed by atoms with Crippen molar-refractivity contribution in [3.8, 4) is 0 Å². The van der Waals surface area contributed by atoms with E-state index in [1.54, 1.807) is 30.3 Å². The fourth-order valence-corrected chi connectivity index (χ4v) is 8.57. The summed E-state index contributed by atoms with van der Waals surface area (Å²) in [5, 5.41) is 3.38. The predicted molar refractivity (Wildman–Crippen MR) is 181 cm³/mol. The van der Waals surface area contributed by atoms with Gasteiger partial charge >= 0.3 is 0 Å². The van der Waals surface area contributed by atoms with Crippen LogP contribution < -0.4 is 5.32 Å². The Labute approximate surface area is 275 Å². The van der Waals surface area contributed by atoms with Crippen molar-refractivity contribution in [1.82, 2.24) is 14.8 Å². The molecule has 2 aliphatic rings. The monoisotopic (exact) mass is 670 g/mol. The molecule has 2 N–H and O–H groups in total. The van der Waals surface area contributed by atoms with E-state index in [1.165, 1.54) is 12.1 Å². The minimum Gasteiger partial charge on any atom is -0.359 e. The summed E-state index contributed by atoms with van der Waals surface area (Å²) < 4.78 is 26.8. The number of aromatic amines is 1. The number of piperidine rings is 1. The van der Waals surface area contributed by atoms with Gasteiger partial charge in [0, 0.05) is 57.4 Å². The van der Waals surface area contributed by atoms with Gasteiger partial charge in [0.15, 0.2) is 9.84 Å². The molecule has 11 heteroatoms. The lowest BCUT2D eigenvalue weighted by Gasteiger charge is -2.38. The van der Waals surface area contributed by atoms with Crippen molar-refractivity contribution in [1.29, 1.82) is 0 Å². The first kappa shape index (κ1) is 33.3. The number of anilines is 1. The Kier molecular flexibility index (Phi) is 10.1. The largest absolute Gasteiger partial charge is 0.359 e. The molecule has 0 radical (unpaired) electrons. The molecule has 1 saturated heterocycles. The molecule has 8 nitrogen and oxygen atoms in total. The van der Waals surface area contributed by atoms with Crippen molar-refractivity contribution < 1.29 is 18.0 Å². The average Bonchev–Trinajstić information content (AvgIpc) is 3.47. The van der Waals surface area contributed by atoms with Gasteiger partial charge in [-0.25, -0.2) is 8.42 Å². The minimum atomic E-state index is -3.83. The van der Waals surface area contributed by atoms with Crippen LogP contribution in [0.2, 0.25) is 10.0 Å². The number of H-pyrrole nitrogens is 1. The van der Waals surface area contributed by atoms with Crippen LogP contribution in [-0.4, -0.2) is 67.2 Å². The van der Waals surface area contributed by atoms with Crippen molar-refractivity contribution in [2.24, 2.45) is 0 Å². The van der Waals surface area contributed by atoms with E-state index in [0.717, 1.165) is 62.3 Å². The number of likely N-dealkylation sites (tertiary alicyclic amines) is 1. The molecule has 0 unspecified atom stereocenters. The zero-order valence-corrected chi connectivity index (χ0v) is 28.5. The molecule has 0 aliphatic carbocycles. The number of sulfone groups is 1. The second-order valence-electron chi connectivity index (χ2n) is 11.9. The SMILES string of the molecule is CCCN(CC)C1CCN(C(=O)Cc2c(C)[nH]c(C=C3C(=O)Nc4ccc(S(=O)(=O)Cc5c(Cl)cccc5Cl)cc43)c2C)CC1. The number of nitrogens with zero attached hydrogens (tertiary/aromatic N) is 2. The van der Waals surface area contributed by atoms with Crippen molar-refractivity contribution in [2.75, 3.05) is 31.5 Å². The molecule has 0 spiro atoms. The Morgan fingerprint density at radius 1 is 1.07 bits per heavy atom. The first-order valence-electron chi connectivity index (χ1n) is 15.5. The van der Waals surface area contributed by atoms with Gasteiger partial charge in [0.2, 0.25) is 5.91 Å². The number of aromatic nitrogens is 1. The molecule has 0 bridgehead atoms.